The van der Waals surface area contributed by atoms with Gasteiger partial charge in [0.1, 0.15) is 23.8 Å². The first-order valence-electron chi connectivity index (χ1n) is 8.35. The van der Waals surface area contributed by atoms with E-state index in [1.807, 2.05) is 6.92 Å². The Hall–Kier alpha value is -2.10. The molecule has 0 spiro atoms. The summed E-state index contributed by atoms with van der Waals surface area (Å²) in [5, 5.41) is 0. The summed E-state index contributed by atoms with van der Waals surface area (Å²) in [5.74, 6) is 0.793. The van der Waals surface area contributed by atoms with Crippen LogP contribution in [0.15, 0.2) is 41.4 Å². The van der Waals surface area contributed by atoms with Crippen LogP contribution in [0.3, 0.4) is 0 Å². The predicted molar refractivity (Wildman–Crippen MR) is 96.5 cm³/mol. The van der Waals surface area contributed by atoms with Crippen LogP contribution in [0.25, 0.3) is 22.6 Å². The van der Waals surface area contributed by atoms with Gasteiger partial charge in [0.15, 0.2) is 10.5 Å². The summed E-state index contributed by atoms with van der Waals surface area (Å²) in [6, 6.07) is 7.98. The van der Waals surface area contributed by atoms with Crippen molar-refractivity contribution in [2.24, 2.45) is 0 Å². The molecule has 0 aliphatic carbocycles. The van der Waals surface area contributed by atoms with Crippen LogP contribution in [-0.4, -0.2) is 31.4 Å². The molecule has 0 radical (unpaired) electrons. The van der Waals surface area contributed by atoms with Crippen LogP contribution in [0.1, 0.15) is 19.4 Å². The van der Waals surface area contributed by atoms with Crippen LogP contribution in [0.4, 0.5) is 13.2 Å². The molecule has 0 fully saturated rings. The van der Waals surface area contributed by atoms with E-state index < -0.39 is 22.9 Å². The second-order valence-corrected chi connectivity index (χ2v) is 7.39. The van der Waals surface area contributed by atoms with Crippen molar-refractivity contribution in [3.63, 3.8) is 0 Å². The minimum Gasteiger partial charge on any atom is -0.611 e. The molecule has 1 aromatic carbocycles. The summed E-state index contributed by atoms with van der Waals surface area (Å²) >= 11 is -1.25. The van der Waals surface area contributed by atoms with Crippen LogP contribution < -0.4 is 0 Å². The quantitative estimate of drug-likeness (QED) is 0.584. The molecule has 2 heterocycles. The van der Waals surface area contributed by atoms with Gasteiger partial charge in [0.05, 0.1) is 11.1 Å². The van der Waals surface area contributed by atoms with E-state index in [4.69, 9.17) is 4.74 Å². The number of fused-ring (bicyclic) bond motifs is 1. The second kappa shape index (κ2) is 7.87. The Labute approximate surface area is 157 Å². The van der Waals surface area contributed by atoms with Crippen molar-refractivity contribution in [2.75, 3.05) is 12.4 Å². The first-order valence-corrected chi connectivity index (χ1v) is 9.67. The maximum atomic E-state index is 13.0. The van der Waals surface area contributed by atoms with Gasteiger partial charge in [0.2, 0.25) is 0 Å². The third kappa shape index (κ3) is 3.95. The molecule has 27 heavy (non-hydrogen) atoms. The first-order chi connectivity index (χ1) is 12.9. The molecular formula is C18H18F3N3O2S. The van der Waals surface area contributed by atoms with Gasteiger partial charge in [-0.25, -0.2) is 9.97 Å². The molecule has 3 aromatic rings. The standard InChI is InChI=1S/C18H18F3N3O2S/c1-3-26-11-24-16(13-7-5-6-8-15(13)27(25)4-2)23-14-9-12(18(19,20)21)10-22-17(14)24/h5-10H,3-4,11H2,1-2H3. The number of imidazole rings is 1. The van der Waals surface area contributed by atoms with Gasteiger partial charge in [0, 0.05) is 12.8 Å². The number of halogens is 3. The predicted octanol–water partition coefficient (Wildman–Crippen LogP) is 4.24. The molecule has 1 unspecified atom stereocenters. The molecule has 1 atom stereocenters. The number of hydrogen-bond acceptors (Lipinski definition) is 4. The third-order valence-corrected chi connectivity index (χ3v) is 5.34. The van der Waals surface area contributed by atoms with Crippen molar-refractivity contribution in [1.29, 1.82) is 0 Å². The summed E-state index contributed by atoms with van der Waals surface area (Å²) in [7, 11) is 0. The third-order valence-electron chi connectivity index (χ3n) is 3.97. The van der Waals surface area contributed by atoms with Crippen LogP contribution in [-0.2, 0) is 28.8 Å². The molecule has 0 amide bonds. The normalized spacial score (nSPS) is 13.3. The molecule has 0 N–H and O–H groups in total. The van der Waals surface area contributed by atoms with Gasteiger partial charge in [0.25, 0.3) is 0 Å². The largest absolute Gasteiger partial charge is 0.611 e. The highest BCUT2D eigenvalue weighted by molar-refractivity contribution is 7.91. The van der Waals surface area contributed by atoms with Gasteiger partial charge in [-0.1, -0.05) is 12.1 Å². The first kappa shape index (κ1) is 19.7. The number of alkyl halides is 3. The summed E-state index contributed by atoms with van der Waals surface area (Å²) in [6.45, 7) is 4.11. The number of nitrogens with zero attached hydrogens (tertiary/aromatic N) is 3. The van der Waals surface area contributed by atoms with E-state index in [1.165, 1.54) is 0 Å². The number of rotatable bonds is 6. The van der Waals surface area contributed by atoms with Gasteiger partial charge >= 0.3 is 6.18 Å². The molecule has 0 aliphatic heterocycles. The Kier molecular flexibility index (Phi) is 5.73. The van der Waals surface area contributed by atoms with E-state index in [0.717, 1.165) is 12.3 Å². The minimum atomic E-state index is -4.51. The lowest BCUT2D eigenvalue weighted by Crippen LogP contribution is -2.10. The summed E-state index contributed by atoms with van der Waals surface area (Å²) in [5.41, 5.74) is 0.108. The lowest BCUT2D eigenvalue weighted by molar-refractivity contribution is -0.137. The topological polar surface area (TPSA) is 63.0 Å². The average Bonchev–Trinajstić information content (AvgIpc) is 3.02. The highest BCUT2D eigenvalue weighted by Gasteiger charge is 2.32. The smallest absolute Gasteiger partial charge is 0.417 e. The molecule has 9 heteroatoms. The van der Waals surface area contributed by atoms with Crippen molar-refractivity contribution < 1.29 is 22.5 Å². The Bertz CT molecular complexity index is 943. The maximum Gasteiger partial charge on any atom is 0.417 e. The van der Waals surface area contributed by atoms with Crippen molar-refractivity contribution in [3.8, 4) is 11.4 Å². The zero-order chi connectivity index (χ0) is 19.6. The molecule has 0 saturated carbocycles. The molecule has 0 saturated heterocycles. The Morgan fingerprint density at radius 2 is 1.96 bits per heavy atom. The number of aromatic nitrogens is 3. The second-order valence-electron chi connectivity index (χ2n) is 5.68. The van der Waals surface area contributed by atoms with Crippen LogP contribution in [0.2, 0.25) is 0 Å². The van der Waals surface area contributed by atoms with Gasteiger partial charge in [-0.2, -0.15) is 13.2 Å². The van der Waals surface area contributed by atoms with Crippen molar-refractivity contribution >= 4 is 22.3 Å². The summed E-state index contributed by atoms with van der Waals surface area (Å²) in [4.78, 5) is 8.91. The Balaban J connectivity index is 2.23. The fourth-order valence-corrected chi connectivity index (χ4v) is 3.63. The van der Waals surface area contributed by atoms with Crippen LogP contribution in [0, 0.1) is 0 Å². The highest BCUT2D eigenvalue weighted by Crippen LogP contribution is 2.33. The molecular weight excluding hydrogens is 379 g/mol. The highest BCUT2D eigenvalue weighted by atomic mass is 32.2. The van der Waals surface area contributed by atoms with Crippen molar-refractivity contribution in [1.82, 2.24) is 14.5 Å². The van der Waals surface area contributed by atoms with Crippen LogP contribution >= 0.6 is 0 Å². The molecule has 2 aromatic heterocycles. The van der Waals surface area contributed by atoms with Gasteiger partial charge < -0.3 is 9.29 Å². The van der Waals surface area contributed by atoms with E-state index in [1.54, 1.807) is 35.8 Å². The monoisotopic (exact) mass is 397 g/mol. The average molecular weight is 397 g/mol. The minimum absolute atomic E-state index is 0.0772. The number of ether oxygens (including phenoxy) is 1. The van der Waals surface area contributed by atoms with Gasteiger partial charge in [-0.05, 0) is 43.2 Å². The fraction of sp³-hybridized carbons (Fsp3) is 0.333. The van der Waals surface area contributed by atoms with Gasteiger partial charge in [-0.15, -0.1) is 0 Å². The molecule has 144 valence electrons. The van der Waals surface area contributed by atoms with Crippen molar-refractivity contribution in [2.45, 2.75) is 31.7 Å². The zero-order valence-electron chi connectivity index (χ0n) is 14.8. The van der Waals surface area contributed by atoms with E-state index in [9.17, 15) is 17.7 Å². The van der Waals surface area contributed by atoms with E-state index >= 15 is 0 Å². The zero-order valence-corrected chi connectivity index (χ0v) is 15.6. The van der Waals surface area contributed by atoms with E-state index in [-0.39, 0.29) is 17.9 Å². The summed E-state index contributed by atoms with van der Waals surface area (Å²) < 4.78 is 58.5. The lowest BCUT2D eigenvalue weighted by Gasteiger charge is -2.14. The van der Waals surface area contributed by atoms with Crippen LogP contribution in [0.5, 0.6) is 0 Å². The number of benzene rings is 1. The van der Waals surface area contributed by atoms with E-state index in [2.05, 4.69) is 9.97 Å². The summed E-state index contributed by atoms with van der Waals surface area (Å²) in [6.07, 6.45) is -3.72. The molecule has 0 aliphatic rings. The molecule has 0 bridgehead atoms. The molecule has 5 nitrogen and oxygen atoms in total. The SMILES string of the molecule is CCOCn1c(-c2ccccc2[S+]([O-])CC)nc2cc(C(F)(F)F)cnc21. The van der Waals surface area contributed by atoms with Gasteiger partial charge in [-0.3, -0.25) is 4.57 Å². The Morgan fingerprint density at radius 3 is 2.63 bits per heavy atom. The van der Waals surface area contributed by atoms with E-state index in [0.29, 0.717) is 28.6 Å². The fourth-order valence-electron chi connectivity index (χ4n) is 2.68. The lowest BCUT2D eigenvalue weighted by atomic mass is 10.2. The molecule has 3 rings (SSSR count). The number of hydrogen-bond donors (Lipinski definition) is 0. The van der Waals surface area contributed by atoms with Crippen molar-refractivity contribution in [3.05, 3.63) is 42.1 Å². The number of pyridine rings is 1. The Morgan fingerprint density at radius 1 is 1.22 bits per heavy atom. The maximum absolute atomic E-state index is 13.0.